The summed E-state index contributed by atoms with van der Waals surface area (Å²) in [5.74, 6) is 0.610. The van der Waals surface area contributed by atoms with Crippen molar-refractivity contribution in [2.45, 2.75) is 58.0 Å². The number of hydrogen-bond acceptors (Lipinski definition) is 1. The van der Waals surface area contributed by atoms with E-state index in [2.05, 4.69) is 43.9 Å². The van der Waals surface area contributed by atoms with Crippen LogP contribution in [-0.4, -0.2) is 12.1 Å². The summed E-state index contributed by atoms with van der Waals surface area (Å²) >= 11 is 5.92. The molecule has 17 heavy (non-hydrogen) atoms. The Bertz CT molecular complexity index is 389. The molecule has 1 aliphatic rings. The van der Waals surface area contributed by atoms with E-state index in [4.69, 9.17) is 11.6 Å². The van der Waals surface area contributed by atoms with Crippen molar-refractivity contribution in [3.8, 4) is 0 Å². The zero-order chi connectivity index (χ0) is 12.4. The Labute approximate surface area is 110 Å². The lowest BCUT2D eigenvalue weighted by Crippen LogP contribution is -2.34. The molecule has 2 unspecified atom stereocenters. The molecule has 0 amide bonds. The molecular formula is C15H22ClN. The van der Waals surface area contributed by atoms with Crippen molar-refractivity contribution in [2.24, 2.45) is 0 Å². The number of nitrogens with zero attached hydrogens (tertiary/aromatic N) is 1. The molecule has 94 valence electrons. The third kappa shape index (κ3) is 2.44. The Kier molecular flexibility index (Phi) is 3.98. The molecule has 2 atom stereocenters. The van der Waals surface area contributed by atoms with Crippen LogP contribution in [0.1, 0.15) is 44.2 Å². The van der Waals surface area contributed by atoms with Gasteiger partial charge in [-0.2, -0.15) is 0 Å². The van der Waals surface area contributed by atoms with Gasteiger partial charge < -0.3 is 4.90 Å². The minimum absolute atomic E-state index is 0.610. The van der Waals surface area contributed by atoms with Crippen LogP contribution in [0.25, 0.3) is 0 Å². The first-order chi connectivity index (χ1) is 8.17. The van der Waals surface area contributed by atoms with E-state index in [-0.39, 0.29) is 0 Å². The van der Waals surface area contributed by atoms with Crippen molar-refractivity contribution in [1.29, 1.82) is 0 Å². The summed E-state index contributed by atoms with van der Waals surface area (Å²) in [6, 6.07) is 8.08. The summed E-state index contributed by atoms with van der Waals surface area (Å²) in [5, 5.41) is 0. The molecule has 2 heteroatoms. The standard InChI is InChI=1S/C15H22ClN/c1-4-14-7-5-12(3)17(14)15-8-6-13(10-16)11(2)9-15/h6,8-9,12,14H,4-5,7,10H2,1-3H3. The Morgan fingerprint density at radius 1 is 1.35 bits per heavy atom. The molecule has 0 aromatic heterocycles. The van der Waals surface area contributed by atoms with Crippen LogP contribution in [0, 0.1) is 6.92 Å². The average molecular weight is 252 g/mol. The third-order valence-electron chi connectivity index (χ3n) is 4.03. The van der Waals surface area contributed by atoms with E-state index in [9.17, 15) is 0 Å². The van der Waals surface area contributed by atoms with E-state index in [1.807, 2.05) is 0 Å². The zero-order valence-corrected chi connectivity index (χ0v) is 11.8. The number of rotatable bonds is 3. The zero-order valence-electron chi connectivity index (χ0n) is 11.0. The quantitative estimate of drug-likeness (QED) is 0.715. The molecular weight excluding hydrogens is 230 g/mol. The molecule has 1 fully saturated rings. The van der Waals surface area contributed by atoms with Gasteiger partial charge in [-0.1, -0.05) is 13.0 Å². The monoisotopic (exact) mass is 251 g/mol. The highest BCUT2D eigenvalue weighted by atomic mass is 35.5. The SMILES string of the molecule is CCC1CCC(C)N1c1ccc(CCl)c(C)c1. The van der Waals surface area contributed by atoms with Crippen LogP contribution >= 0.6 is 11.6 Å². The molecule has 0 saturated carbocycles. The highest BCUT2D eigenvalue weighted by molar-refractivity contribution is 6.17. The summed E-state index contributed by atoms with van der Waals surface area (Å²) in [5.41, 5.74) is 3.93. The van der Waals surface area contributed by atoms with Crippen LogP contribution in [0.5, 0.6) is 0 Å². The fourth-order valence-corrected chi connectivity index (χ4v) is 3.23. The van der Waals surface area contributed by atoms with Crippen LogP contribution < -0.4 is 4.90 Å². The van der Waals surface area contributed by atoms with Gasteiger partial charge in [0, 0.05) is 23.7 Å². The summed E-state index contributed by atoms with van der Waals surface area (Å²) in [4.78, 5) is 2.59. The van der Waals surface area contributed by atoms with Gasteiger partial charge in [-0.15, -0.1) is 11.6 Å². The van der Waals surface area contributed by atoms with Crippen molar-refractivity contribution in [2.75, 3.05) is 4.90 Å². The smallest absolute Gasteiger partial charge is 0.0476 e. The molecule has 1 aliphatic heterocycles. The number of halogens is 1. The van der Waals surface area contributed by atoms with E-state index in [0.717, 1.165) is 0 Å². The molecule has 0 radical (unpaired) electrons. The van der Waals surface area contributed by atoms with Crippen molar-refractivity contribution in [1.82, 2.24) is 0 Å². The van der Waals surface area contributed by atoms with Gasteiger partial charge in [0.2, 0.25) is 0 Å². The van der Waals surface area contributed by atoms with E-state index >= 15 is 0 Å². The van der Waals surface area contributed by atoms with Crippen molar-refractivity contribution in [3.05, 3.63) is 29.3 Å². The largest absolute Gasteiger partial charge is 0.366 e. The molecule has 0 bridgehead atoms. The number of alkyl halides is 1. The van der Waals surface area contributed by atoms with Gasteiger partial charge in [0.1, 0.15) is 0 Å². The summed E-state index contributed by atoms with van der Waals surface area (Å²) in [6.07, 6.45) is 3.88. The van der Waals surface area contributed by atoms with Gasteiger partial charge in [0.15, 0.2) is 0 Å². The number of benzene rings is 1. The Morgan fingerprint density at radius 3 is 2.71 bits per heavy atom. The molecule has 1 aromatic carbocycles. The minimum Gasteiger partial charge on any atom is -0.366 e. The Morgan fingerprint density at radius 2 is 2.12 bits per heavy atom. The fraction of sp³-hybridized carbons (Fsp3) is 0.600. The second-order valence-corrected chi connectivity index (χ2v) is 5.41. The van der Waals surface area contributed by atoms with Crippen molar-refractivity contribution in [3.63, 3.8) is 0 Å². The highest BCUT2D eigenvalue weighted by Crippen LogP contribution is 2.33. The average Bonchev–Trinajstić information content (AvgIpc) is 2.70. The second-order valence-electron chi connectivity index (χ2n) is 5.14. The van der Waals surface area contributed by atoms with Gasteiger partial charge in [-0.05, 0) is 56.4 Å². The van der Waals surface area contributed by atoms with Gasteiger partial charge >= 0.3 is 0 Å². The molecule has 0 N–H and O–H groups in total. The molecule has 1 aromatic rings. The maximum Gasteiger partial charge on any atom is 0.0476 e. The molecule has 1 heterocycles. The van der Waals surface area contributed by atoms with Gasteiger partial charge in [-0.25, -0.2) is 0 Å². The second kappa shape index (κ2) is 5.30. The highest BCUT2D eigenvalue weighted by Gasteiger charge is 2.29. The fourth-order valence-electron chi connectivity index (χ4n) is 2.93. The van der Waals surface area contributed by atoms with E-state index in [1.54, 1.807) is 0 Å². The normalized spacial score (nSPS) is 24.4. The van der Waals surface area contributed by atoms with E-state index < -0.39 is 0 Å². The first kappa shape index (κ1) is 12.8. The van der Waals surface area contributed by atoms with Crippen LogP contribution in [0.15, 0.2) is 18.2 Å². The summed E-state index contributed by atoms with van der Waals surface area (Å²) in [6.45, 7) is 6.78. The maximum atomic E-state index is 5.92. The van der Waals surface area contributed by atoms with Gasteiger partial charge in [0.25, 0.3) is 0 Å². The van der Waals surface area contributed by atoms with Crippen molar-refractivity contribution < 1.29 is 0 Å². The van der Waals surface area contributed by atoms with Crippen LogP contribution in [-0.2, 0) is 5.88 Å². The van der Waals surface area contributed by atoms with Gasteiger partial charge in [0.05, 0.1) is 0 Å². The van der Waals surface area contributed by atoms with Crippen LogP contribution in [0.2, 0.25) is 0 Å². The van der Waals surface area contributed by atoms with Crippen LogP contribution in [0.4, 0.5) is 5.69 Å². The minimum atomic E-state index is 0.610. The first-order valence-electron chi connectivity index (χ1n) is 6.61. The number of aryl methyl sites for hydroxylation is 1. The third-order valence-corrected chi connectivity index (χ3v) is 4.31. The molecule has 2 rings (SSSR count). The number of anilines is 1. The lowest BCUT2D eigenvalue weighted by atomic mass is 10.1. The van der Waals surface area contributed by atoms with E-state index in [1.165, 1.54) is 36.1 Å². The topological polar surface area (TPSA) is 3.24 Å². The maximum absolute atomic E-state index is 5.92. The van der Waals surface area contributed by atoms with Gasteiger partial charge in [-0.3, -0.25) is 0 Å². The number of hydrogen-bond donors (Lipinski definition) is 0. The van der Waals surface area contributed by atoms with Crippen molar-refractivity contribution >= 4 is 17.3 Å². The lowest BCUT2D eigenvalue weighted by molar-refractivity contribution is 0.628. The predicted molar refractivity (Wildman–Crippen MR) is 76.0 cm³/mol. The summed E-state index contributed by atoms with van der Waals surface area (Å²) in [7, 11) is 0. The lowest BCUT2D eigenvalue weighted by Gasteiger charge is -2.31. The van der Waals surface area contributed by atoms with E-state index in [0.29, 0.717) is 18.0 Å². The van der Waals surface area contributed by atoms with Crippen LogP contribution in [0.3, 0.4) is 0 Å². The first-order valence-corrected chi connectivity index (χ1v) is 7.14. The molecule has 0 spiro atoms. The Hall–Kier alpha value is -0.690. The summed E-state index contributed by atoms with van der Waals surface area (Å²) < 4.78 is 0. The Balaban J connectivity index is 2.29. The molecule has 1 saturated heterocycles. The molecule has 1 nitrogen and oxygen atoms in total. The predicted octanol–water partition coefficient (Wildman–Crippen LogP) is 4.50. The molecule has 0 aliphatic carbocycles.